The minimum atomic E-state index is -0.130. The Bertz CT molecular complexity index is 641. The summed E-state index contributed by atoms with van der Waals surface area (Å²) in [7, 11) is 0. The van der Waals surface area contributed by atoms with Crippen molar-refractivity contribution in [2.75, 3.05) is 31.5 Å². The van der Waals surface area contributed by atoms with Crippen LogP contribution in [-0.4, -0.2) is 52.7 Å². The van der Waals surface area contributed by atoms with Gasteiger partial charge in [-0.1, -0.05) is 13.8 Å². The Kier molecular flexibility index (Phi) is 3.80. The van der Waals surface area contributed by atoms with Crippen LogP contribution in [0.15, 0.2) is 15.7 Å². The van der Waals surface area contributed by atoms with Crippen LogP contribution in [0.1, 0.15) is 38.3 Å². The summed E-state index contributed by atoms with van der Waals surface area (Å²) in [4.78, 5) is 16.0. The number of nitrogens with one attached hydrogen (secondary N) is 1. The topological polar surface area (TPSA) is 62.6 Å². The van der Waals surface area contributed by atoms with Crippen LogP contribution in [-0.2, 0) is 4.74 Å². The molecule has 124 valence electrons. The van der Waals surface area contributed by atoms with Gasteiger partial charge >= 0.3 is 0 Å². The Morgan fingerprint density at radius 3 is 2.83 bits per heavy atom. The number of hydrogen-bond donors (Lipinski definition) is 1. The lowest BCUT2D eigenvalue weighted by Crippen LogP contribution is -2.61. The third-order valence-electron chi connectivity index (χ3n) is 5.15. The van der Waals surface area contributed by atoms with Crippen LogP contribution in [0.4, 0.5) is 5.95 Å². The molecule has 1 aromatic rings. The molecule has 1 spiro atoms. The van der Waals surface area contributed by atoms with Crippen molar-refractivity contribution in [1.82, 2.24) is 14.9 Å². The largest absolute Gasteiger partial charge is 0.455 e. The lowest BCUT2D eigenvalue weighted by Gasteiger charge is -2.50. The van der Waals surface area contributed by atoms with Gasteiger partial charge in [-0.25, -0.2) is 15.0 Å². The van der Waals surface area contributed by atoms with Gasteiger partial charge in [0.2, 0.25) is 5.95 Å². The van der Waals surface area contributed by atoms with Crippen LogP contribution in [0.25, 0.3) is 0 Å². The second-order valence-electron chi connectivity index (χ2n) is 7.05. The highest BCUT2D eigenvalue weighted by Crippen LogP contribution is 2.40. The van der Waals surface area contributed by atoms with E-state index < -0.39 is 0 Å². The highest BCUT2D eigenvalue weighted by Gasteiger charge is 2.51. The lowest BCUT2D eigenvalue weighted by molar-refractivity contribution is -0.0829. The summed E-state index contributed by atoms with van der Waals surface area (Å²) in [5.41, 5.74) is 0.855. The van der Waals surface area contributed by atoms with Crippen LogP contribution in [0, 0.1) is 5.92 Å². The number of rotatable bonds is 2. The van der Waals surface area contributed by atoms with Gasteiger partial charge in [0.1, 0.15) is 5.60 Å². The molecule has 3 fully saturated rings. The molecule has 0 aromatic carbocycles. The van der Waals surface area contributed by atoms with E-state index in [0.717, 1.165) is 23.3 Å². The quantitative estimate of drug-likeness (QED) is 0.855. The number of hydrogen-bond acceptors (Lipinski definition) is 6. The number of ether oxygens (including phenoxy) is 1. The van der Waals surface area contributed by atoms with Gasteiger partial charge in [0.05, 0.1) is 16.7 Å². The van der Waals surface area contributed by atoms with Gasteiger partial charge < -0.3 is 4.74 Å². The van der Waals surface area contributed by atoms with Gasteiger partial charge in [-0.2, -0.15) is 0 Å². The van der Waals surface area contributed by atoms with Crippen molar-refractivity contribution in [2.45, 2.75) is 38.2 Å². The number of anilines is 1. The molecule has 0 amide bonds. The molecule has 5 heterocycles. The highest BCUT2D eigenvalue weighted by atomic mass is 79.9. The summed E-state index contributed by atoms with van der Waals surface area (Å²) < 4.78 is 7.20. The molecule has 1 atom stereocenters. The third-order valence-corrected chi connectivity index (χ3v) is 5.76. The molecule has 7 heteroatoms. The minimum Gasteiger partial charge on any atom is -0.455 e. The molecular weight excluding hydrogens is 358 g/mol. The molecule has 2 bridgehead atoms. The average Bonchev–Trinajstić information content (AvgIpc) is 2.92. The minimum absolute atomic E-state index is 0.130. The van der Waals surface area contributed by atoms with E-state index in [9.17, 15) is 0 Å². The van der Waals surface area contributed by atoms with E-state index in [1.807, 2.05) is 0 Å². The van der Waals surface area contributed by atoms with Crippen LogP contribution in [0.5, 0.6) is 0 Å². The van der Waals surface area contributed by atoms with Crippen molar-refractivity contribution in [2.24, 2.45) is 10.9 Å². The van der Waals surface area contributed by atoms with Crippen molar-refractivity contribution >= 4 is 27.9 Å². The zero-order valence-corrected chi connectivity index (χ0v) is 15.1. The maximum atomic E-state index is 6.26. The lowest BCUT2D eigenvalue weighted by atomic mass is 9.75. The number of aliphatic imine (C=N–C) groups is 1. The monoisotopic (exact) mass is 379 g/mol. The molecule has 4 aliphatic rings. The zero-order valence-electron chi connectivity index (χ0n) is 13.5. The van der Waals surface area contributed by atoms with E-state index in [4.69, 9.17) is 4.74 Å². The fraction of sp³-hybridized carbons (Fsp3) is 0.688. The molecule has 4 aliphatic heterocycles. The van der Waals surface area contributed by atoms with Crippen LogP contribution < -0.4 is 5.32 Å². The molecule has 1 N–H and O–H groups in total. The number of halogens is 1. The van der Waals surface area contributed by atoms with Gasteiger partial charge in [-0.15, -0.1) is 0 Å². The van der Waals surface area contributed by atoms with Crippen molar-refractivity contribution in [3.05, 3.63) is 16.4 Å². The average molecular weight is 380 g/mol. The van der Waals surface area contributed by atoms with E-state index in [1.54, 1.807) is 6.20 Å². The molecule has 23 heavy (non-hydrogen) atoms. The van der Waals surface area contributed by atoms with Crippen LogP contribution in [0.2, 0.25) is 0 Å². The van der Waals surface area contributed by atoms with Crippen molar-refractivity contribution in [3.63, 3.8) is 0 Å². The predicted octanol–water partition coefficient (Wildman–Crippen LogP) is 2.63. The Balaban J connectivity index is 1.48. The summed E-state index contributed by atoms with van der Waals surface area (Å²) in [5, 5.41) is 3.16. The molecule has 5 rings (SSSR count). The summed E-state index contributed by atoms with van der Waals surface area (Å²) >= 11 is 3.50. The first kappa shape index (κ1) is 15.3. The maximum absolute atomic E-state index is 6.26. The number of aromatic nitrogens is 2. The SMILES string of the molecule is CC(C)c1nc(NC2=NC[C@@]3(CN4CCC3CC4)O2)ncc1Br. The molecule has 0 aliphatic carbocycles. The second kappa shape index (κ2) is 5.70. The normalized spacial score (nSPS) is 32.3. The summed E-state index contributed by atoms with van der Waals surface area (Å²) in [6.07, 6.45) is 4.22. The fourth-order valence-electron chi connectivity index (χ4n) is 3.89. The molecule has 0 unspecified atom stereocenters. The second-order valence-corrected chi connectivity index (χ2v) is 7.90. The first-order valence-corrected chi connectivity index (χ1v) is 9.10. The summed E-state index contributed by atoms with van der Waals surface area (Å²) in [6.45, 7) is 8.36. The van der Waals surface area contributed by atoms with Gasteiger partial charge in [-0.05, 0) is 47.8 Å². The fourth-order valence-corrected chi connectivity index (χ4v) is 4.54. The predicted molar refractivity (Wildman–Crippen MR) is 92.7 cm³/mol. The van der Waals surface area contributed by atoms with Gasteiger partial charge in [0.25, 0.3) is 6.02 Å². The van der Waals surface area contributed by atoms with Gasteiger partial charge in [0.15, 0.2) is 0 Å². The molecule has 3 saturated heterocycles. The number of piperidine rings is 3. The number of nitrogens with zero attached hydrogens (tertiary/aromatic N) is 4. The Hall–Kier alpha value is -1.21. The Morgan fingerprint density at radius 2 is 2.17 bits per heavy atom. The zero-order chi connectivity index (χ0) is 16.0. The number of amidine groups is 1. The first-order chi connectivity index (χ1) is 11.1. The third kappa shape index (κ3) is 2.74. The van der Waals surface area contributed by atoms with Crippen molar-refractivity contribution in [3.8, 4) is 0 Å². The highest BCUT2D eigenvalue weighted by molar-refractivity contribution is 9.10. The van der Waals surface area contributed by atoms with E-state index in [-0.39, 0.29) is 5.60 Å². The molecular formula is C16H22BrN5O. The molecule has 1 aromatic heterocycles. The standard InChI is InChI=1S/C16H22BrN5O/c1-10(2)13-12(17)7-18-14(20-13)21-15-19-8-16(23-15)9-22-5-3-11(16)4-6-22/h7,10-11H,3-6,8-9H2,1-2H3,(H,18,19,20,21)/t16-/m0/s1. The first-order valence-electron chi connectivity index (χ1n) is 8.31. The smallest absolute Gasteiger partial charge is 0.292 e. The van der Waals surface area contributed by atoms with E-state index in [0.29, 0.717) is 23.8 Å². The summed E-state index contributed by atoms with van der Waals surface area (Å²) in [5.74, 6) is 1.49. The van der Waals surface area contributed by atoms with Gasteiger partial charge in [-0.3, -0.25) is 10.2 Å². The van der Waals surface area contributed by atoms with Crippen molar-refractivity contribution < 1.29 is 4.74 Å². The van der Waals surface area contributed by atoms with Crippen molar-refractivity contribution in [1.29, 1.82) is 0 Å². The van der Waals surface area contributed by atoms with E-state index >= 15 is 0 Å². The molecule has 6 nitrogen and oxygen atoms in total. The number of fused-ring (bicyclic) bond motifs is 2. The molecule has 0 saturated carbocycles. The Morgan fingerprint density at radius 1 is 1.39 bits per heavy atom. The molecule has 0 radical (unpaired) electrons. The van der Waals surface area contributed by atoms with Crippen LogP contribution >= 0.6 is 15.9 Å². The summed E-state index contributed by atoms with van der Waals surface area (Å²) in [6, 6.07) is 0.566. The van der Waals surface area contributed by atoms with Crippen LogP contribution in [0.3, 0.4) is 0 Å². The van der Waals surface area contributed by atoms with Gasteiger partial charge in [0, 0.05) is 18.7 Å². The van der Waals surface area contributed by atoms with E-state index in [2.05, 4.69) is 55.0 Å². The van der Waals surface area contributed by atoms with E-state index in [1.165, 1.54) is 25.9 Å². The Labute approximate surface area is 144 Å². The maximum Gasteiger partial charge on any atom is 0.292 e.